The van der Waals surface area contributed by atoms with Gasteiger partial charge < -0.3 is 10.4 Å². The fourth-order valence-corrected chi connectivity index (χ4v) is 2.94. The molecule has 1 aromatic heterocycles. The van der Waals surface area contributed by atoms with E-state index in [1.807, 2.05) is 0 Å². The number of nitrogens with zero attached hydrogens (tertiary/aromatic N) is 2. The Kier molecular flexibility index (Phi) is 4.37. The molecule has 1 aliphatic rings. The van der Waals surface area contributed by atoms with Crippen molar-refractivity contribution in [2.24, 2.45) is 0 Å². The number of aliphatic hydroxyl groups is 1. The van der Waals surface area contributed by atoms with Crippen LogP contribution >= 0.6 is 23.1 Å². The van der Waals surface area contributed by atoms with Crippen molar-refractivity contribution in [1.82, 2.24) is 15.5 Å². The number of hydrogen-bond acceptors (Lipinski definition) is 6. The van der Waals surface area contributed by atoms with Gasteiger partial charge in [0, 0.05) is 17.8 Å². The first-order valence-electron chi connectivity index (χ1n) is 5.14. The van der Waals surface area contributed by atoms with E-state index < -0.39 is 0 Å². The molecule has 0 bridgehead atoms. The molecule has 84 valence electrons. The zero-order valence-electron chi connectivity index (χ0n) is 8.43. The lowest BCUT2D eigenvalue weighted by Gasteiger charge is -2.14. The monoisotopic (exact) mass is 245 g/mol. The fraction of sp³-hybridized carbons (Fsp3) is 0.778. The highest BCUT2D eigenvalue weighted by atomic mass is 32.2. The maximum absolute atomic E-state index is 9.16. The molecule has 1 heterocycles. The van der Waals surface area contributed by atoms with Gasteiger partial charge in [0.15, 0.2) is 4.34 Å². The maximum Gasteiger partial charge on any atom is 0.174 e. The summed E-state index contributed by atoms with van der Waals surface area (Å²) in [7, 11) is 0. The van der Waals surface area contributed by atoms with Crippen LogP contribution in [0.25, 0.3) is 0 Å². The van der Waals surface area contributed by atoms with Crippen LogP contribution < -0.4 is 5.32 Å². The number of aliphatic hydroxyl groups excluding tert-OH is 1. The number of hydrogen-bond donors (Lipinski definition) is 2. The first-order chi connectivity index (χ1) is 7.38. The summed E-state index contributed by atoms with van der Waals surface area (Å²) in [6, 6.07) is 0.909. The molecule has 6 heteroatoms. The molecule has 0 aliphatic heterocycles. The fourth-order valence-electron chi connectivity index (χ4n) is 1.32. The number of thioether (sulfide) groups is 1. The Morgan fingerprint density at radius 3 is 3.13 bits per heavy atom. The van der Waals surface area contributed by atoms with Gasteiger partial charge in [0.1, 0.15) is 5.51 Å². The molecule has 4 nitrogen and oxygen atoms in total. The third kappa shape index (κ3) is 4.06. The van der Waals surface area contributed by atoms with E-state index in [1.54, 1.807) is 28.6 Å². The second-order valence-electron chi connectivity index (χ2n) is 3.66. The van der Waals surface area contributed by atoms with Crippen molar-refractivity contribution in [2.75, 3.05) is 12.4 Å². The lowest BCUT2D eigenvalue weighted by atomic mass is 10.2. The molecule has 1 aromatic rings. The number of rotatable bonds is 7. The second kappa shape index (κ2) is 5.79. The molecule has 2 rings (SSSR count). The minimum absolute atomic E-state index is 0.229. The Balaban J connectivity index is 1.62. The molecule has 1 unspecified atom stereocenters. The van der Waals surface area contributed by atoms with Crippen molar-refractivity contribution >= 4 is 23.1 Å². The van der Waals surface area contributed by atoms with Gasteiger partial charge in [0.2, 0.25) is 0 Å². The van der Waals surface area contributed by atoms with E-state index in [4.69, 9.17) is 5.11 Å². The summed E-state index contributed by atoms with van der Waals surface area (Å²) >= 11 is 3.28. The molecule has 1 aliphatic carbocycles. The molecule has 0 radical (unpaired) electrons. The van der Waals surface area contributed by atoms with E-state index in [2.05, 4.69) is 15.5 Å². The normalized spacial score (nSPS) is 17.9. The van der Waals surface area contributed by atoms with Gasteiger partial charge in [-0.15, -0.1) is 10.2 Å². The molecule has 0 spiro atoms. The van der Waals surface area contributed by atoms with Crippen LogP contribution in [0.3, 0.4) is 0 Å². The van der Waals surface area contributed by atoms with Crippen LogP contribution in [0, 0.1) is 0 Å². The van der Waals surface area contributed by atoms with Crippen LogP contribution in [0.1, 0.15) is 19.3 Å². The standard InChI is InChI=1S/C9H15N3OS2/c13-5-8(11-7-1-2-7)3-4-14-9-12-10-6-15-9/h6-8,11,13H,1-5H2. The highest BCUT2D eigenvalue weighted by Crippen LogP contribution is 2.22. The zero-order chi connectivity index (χ0) is 10.5. The summed E-state index contributed by atoms with van der Waals surface area (Å²) in [5.41, 5.74) is 1.74. The first kappa shape index (κ1) is 11.3. The van der Waals surface area contributed by atoms with Gasteiger partial charge in [0.25, 0.3) is 0 Å². The number of aromatic nitrogens is 2. The van der Waals surface area contributed by atoms with Gasteiger partial charge >= 0.3 is 0 Å². The minimum Gasteiger partial charge on any atom is -0.395 e. The maximum atomic E-state index is 9.16. The van der Waals surface area contributed by atoms with Crippen LogP contribution in [0.4, 0.5) is 0 Å². The highest BCUT2D eigenvalue weighted by Gasteiger charge is 2.23. The van der Waals surface area contributed by atoms with E-state index in [1.165, 1.54) is 12.8 Å². The van der Waals surface area contributed by atoms with Gasteiger partial charge in [-0.25, -0.2) is 0 Å². The second-order valence-corrected chi connectivity index (χ2v) is 5.84. The van der Waals surface area contributed by atoms with Gasteiger partial charge in [-0.3, -0.25) is 0 Å². The lowest BCUT2D eigenvalue weighted by Crippen LogP contribution is -2.34. The van der Waals surface area contributed by atoms with E-state index in [0.29, 0.717) is 6.04 Å². The van der Waals surface area contributed by atoms with Crippen molar-refractivity contribution in [1.29, 1.82) is 0 Å². The molecule has 1 saturated carbocycles. The predicted molar refractivity (Wildman–Crippen MR) is 62.3 cm³/mol. The largest absolute Gasteiger partial charge is 0.395 e. The van der Waals surface area contributed by atoms with E-state index >= 15 is 0 Å². The Hall–Kier alpha value is -0.170. The van der Waals surface area contributed by atoms with E-state index in [9.17, 15) is 0 Å². The molecule has 1 atom stereocenters. The summed E-state index contributed by atoms with van der Waals surface area (Å²) < 4.78 is 1.01. The molecular weight excluding hydrogens is 230 g/mol. The summed E-state index contributed by atoms with van der Waals surface area (Å²) in [6.45, 7) is 0.229. The Labute approximate surface area is 97.5 Å². The van der Waals surface area contributed by atoms with Gasteiger partial charge in [0.05, 0.1) is 6.61 Å². The molecule has 1 fully saturated rings. The molecule has 0 saturated heterocycles. The highest BCUT2D eigenvalue weighted by molar-refractivity contribution is 8.00. The van der Waals surface area contributed by atoms with Crippen LogP contribution in [0.2, 0.25) is 0 Å². The molecular formula is C9H15N3OS2. The smallest absolute Gasteiger partial charge is 0.174 e. The third-order valence-electron chi connectivity index (χ3n) is 2.30. The van der Waals surface area contributed by atoms with Crippen LogP contribution in [0.5, 0.6) is 0 Å². The van der Waals surface area contributed by atoms with Crippen molar-refractivity contribution in [3.8, 4) is 0 Å². The summed E-state index contributed by atoms with van der Waals surface area (Å²) in [6.07, 6.45) is 3.51. The molecule has 2 N–H and O–H groups in total. The average Bonchev–Trinajstić information content (AvgIpc) is 2.91. The van der Waals surface area contributed by atoms with Gasteiger partial charge in [-0.05, 0) is 19.3 Å². The number of nitrogens with one attached hydrogen (secondary N) is 1. The van der Waals surface area contributed by atoms with E-state index in [-0.39, 0.29) is 12.6 Å². The molecule has 0 amide bonds. The minimum atomic E-state index is 0.229. The predicted octanol–water partition coefficient (Wildman–Crippen LogP) is 1.13. The van der Waals surface area contributed by atoms with Crippen molar-refractivity contribution in [2.45, 2.75) is 35.7 Å². The van der Waals surface area contributed by atoms with E-state index in [0.717, 1.165) is 16.5 Å². The Bertz CT molecular complexity index is 277. The zero-order valence-corrected chi connectivity index (χ0v) is 10.1. The van der Waals surface area contributed by atoms with Crippen molar-refractivity contribution in [3.05, 3.63) is 5.51 Å². The Morgan fingerprint density at radius 2 is 2.53 bits per heavy atom. The van der Waals surface area contributed by atoms with Crippen LogP contribution in [-0.4, -0.2) is 39.7 Å². The van der Waals surface area contributed by atoms with Gasteiger partial charge in [-0.2, -0.15) is 0 Å². The van der Waals surface area contributed by atoms with Crippen LogP contribution in [-0.2, 0) is 0 Å². The lowest BCUT2D eigenvalue weighted by molar-refractivity contribution is 0.239. The molecule has 0 aromatic carbocycles. The Morgan fingerprint density at radius 1 is 1.67 bits per heavy atom. The third-order valence-corrected chi connectivity index (χ3v) is 4.19. The quantitative estimate of drug-likeness (QED) is 0.705. The topological polar surface area (TPSA) is 58.0 Å². The SMILES string of the molecule is OCC(CCSc1nncs1)NC1CC1. The van der Waals surface area contributed by atoms with Crippen LogP contribution in [0.15, 0.2) is 9.85 Å². The first-order valence-corrected chi connectivity index (χ1v) is 7.01. The van der Waals surface area contributed by atoms with Crippen molar-refractivity contribution in [3.63, 3.8) is 0 Å². The summed E-state index contributed by atoms with van der Waals surface area (Å²) in [4.78, 5) is 0. The summed E-state index contributed by atoms with van der Waals surface area (Å²) in [5.74, 6) is 0.986. The summed E-state index contributed by atoms with van der Waals surface area (Å²) in [5, 5.41) is 20.3. The average molecular weight is 245 g/mol. The van der Waals surface area contributed by atoms with Gasteiger partial charge in [-0.1, -0.05) is 23.1 Å². The van der Waals surface area contributed by atoms with Crippen molar-refractivity contribution < 1.29 is 5.11 Å². The molecule has 15 heavy (non-hydrogen) atoms.